The number of aliphatic hydroxyl groups excluding tert-OH is 1. The predicted octanol–water partition coefficient (Wildman–Crippen LogP) is 0.679. The summed E-state index contributed by atoms with van der Waals surface area (Å²) in [6.45, 7) is 3.87. The zero-order valence-electron chi connectivity index (χ0n) is 10.7. The van der Waals surface area contributed by atoms with Gasteiger partial charge in [0.2, 0.25) is 0 Å². The third-order valence-electron chi connectivity index (χ3n) is 3.79. The molecule has 102 valence electrons. The number of aromatic amines is 1. The van der Waals surface area contributed by atoms with E-state index in [1.165, 1.54) is 0 Å². The van der Waals surface area contributed by atoms with E-state index < -0.39 is 10.0 Å². The van der Waals surface area contributed by atoms with Crippen molar-refractivity contribution in [2.24, 2.45) is 5.41 Å². The normalized spacial score (nSPS) is 17.9. The Morgan fingerprint density at radius 2 is 2.17 bits per heavy atom. The summed E-state index contributed by atoms with van der Waals surface area (Å²) < 4.78 is 26.8. The topological polar surface area (TPSA) is 95.1 Å². The molecule has 0 spiro atoms. The lowest BCUT2D eigenvalue weighted by molar-refractivity contribution is 0.277. The van der Waals surface area contributed by atoms with Gasteiger partial charge in [0.15, 0.2) is 5.03 Å². The molecule has 0 saturated heterocycles. The maximum absolute atomic E-state index is 12.1. The maximum atomic E-state index is 12.1. The van der Waals surface area contributed by atoms with Crippen molar-refractivity contribution >= 4 is 10.0 Å². The van der Waals surface area contributed by atoms with Gasteiger partial charge < -0.3 is 5.11 Å². The van der Waals surface area contributed by atoms with E-state index in [0.29, 0.717) is 17.8 Å². The zero-order valence-corrected chi connectivity index (χ0v) is 11.5. The number of aromatic nitrogens is 2. The SMILES string of the molecule is CCC1(CNS(=O)(=O)c2n[nH]c(C)c2CO)CC1. The van der Waals surface area contributed by atoms with Crippen molar-refractivity contribution in [2.75, 3.05) is 6.54 Å². The molecule has 1 aliphatic rings. The number of nitrogens with zero attached hydrogens (tertiary/aromatic N) is 1. The van der Waals surface area contributed by atoms with Crippen LogP contribution in [-0.2, 0) is 16.6 Å². The van der Waals surface area contributed by atoms with Crippen LogP contribution in [0.3, 0.4) is 0 Å². The number of aryl methyl sites for hydroxylation is 1. The van der Waals surface area contributed by atoms with Crippen molar-refractivity contribution in [3.05, 3.63) is 11.3 Å². The first-order valence-electron chi connectivity index (χ1n) is 6.08. The molecule has 18 heavy (non-hydrogen) atoms. The van der Waals surface area contributed by atoms with Crippen LogP contribution in [0.4, 0.5) is 0 Å². The monoisotopic (exact) mass is 273 g/mol. The highest BCUT2D eigenvalue weighted by Crippen LogP contribution is 2.48. The summed E-state index contributed by atoms with van der Waals surface area (Å²) >= 11 is 0. The van der Waals surface area contributed by atoms with E-state index in [0.717, 1.165) is 19.3 Å². The minimum Gasteiger partial charge on any atom is -0.392 e. The molecule has 1 aromatic heterocycles. The molecule has 0 amide bonds. The van der Waals surface area contributed by atoms with Crippen molar-refractivity contribution < 1.29 is 13.5 Å². The highest BCUT2D eigenvalue weighted by Gasteiger charge is 2.41. The van der Waals surface area contributed by atoms with Crippen molar-refractivity contribution in [3.8, 4) is 0 Å². The van der Waals surface area contributed by atoms with Crippen molar-refractivity contribution in [1.82, 2.24) is 14.9 Å². The average molecular weight is 273 g/mol. The van der Waals surface area contributed by atoms with E-state index in [-0.39, 0.29) is 17.0 Å². The van der Waals surface area contributed by atoms with E-state index in [1.807, 2.05) is 0 Å². The van der Waals surface area contributed by atoms with Crippen LogP contribution < -0.4 is 4.72 Å². The molecular weight excluding hydrogens is 254 g/mol. The van der Waals surface area contributed by atoms with Gasteiger partial charge in [0.05, 0.1) is 6.61 Å². The Kier molecular flexibility index (Phi) is 3.48. The van der Waals surface area contributed by atoms with E-state index in [1.54, 1.807) is 6.92 Å². The second-order valence-electron chi connectivity index (χ2n) is 4.97. The third-order valence-corrected chi connectivity index (χ3v) is 5.16. The number of sulfonamides is 1. The second kappa shape index (κ2) is 4.64. The van der Waals surface area contributed by atoms with Crippen LogP contribution in [0.25, 0.3) is 0 Å². The van der Waals surface area contributed by atoms with Crippen molar-refractivity contribution in [3.63, 3.8) is 0 Å². The average Bonchev–Trinajstić information content (AvgIpc) is 3.03. The highest BCUT2D eigenvalue weighted by molar-refractivity contribution is 7.89. The summed E-state index contributed by atoms with van der Waals surface area (Å²) in [4.78, 5) is 0. The number of hydrogen-bond donors (Lipinski definition) is 3. The van der Waals surface area contributed by atoms with Crippen LogP contribution in [0.1, 0.15) is 37.4 Å². The van der Waals surface area contributed by atoms with Gasteiger partial charge in [-0.2, -0.15) is 5.10 Å². The van der Waals surface area contributed by atoms with Gasteiger partial charge in [-0.3, -0.25) is 5.10 Å². The minimum atomic E-state index is -3.64. The Morgan fingerprint density at radius 3 is 2.67 bits per heavy atom. The van der Waals surface area contributed by atoms with Crippen LogP contribution >= 0.6 is 0 Å². The van der Waals surface area contributed by atoms with Crippen LogP contribution in [0.2, 0.25) is 0 Å². The number of nitrogens with one attached hydrogen (secondary N) is 2. The van der Waals surface area contributed by atoms with E-state index in [2.05, 4.69) is 21.8 Å². The van der Waals surface area contributed by atoms with Gasteiger partial charge in [-0.25, -0.2) is 13.1 Å². The maximum Gasteiger partial charge on any atom is 0.260 e. The molecule has 3 N–H and O–H groups in total. The smallest absolute Gasteiger partial charge is 0.260 e. The Bertz CT molecular complexity index is 532. The summed E-state index contributed by atoms with van der Waals surface area (Å²) in [5.41, 5.74) is 1.05. The fourth-order valence-electron chi connectivity index (χ4n) is 1.99. The summed E-state index contributed by atoms with van der Waals surface area (Å²) in [5.74, 6) is 0. The van der Waals surface area contributed by atoms with E-state index in [4.69, 9.17) is 0 Å². The number of hydrogen-bond acceptors (Lipinski definition) is 4. The fraction of sp³-hybridized carbons (Fsp3) is 0.727. The first-order valence-corrected chi connectivity index (χ1v) is 7.57. The molecule has 1 saturated carbocycles. The summed E-state index contributed by atoms with van der Waals surface area (Å²) in [6, 6.07) is 0. The molecular formula is C11H19N3O3S. The Labute approximate surface area is 107 Å². The van der Waals surface area contributed by atoms with Crippen LogP contribution in [0.15, 0.2) is 5.03 Å². The standard InChI is InChI=1S/C11H19N3O3S/c1-3-11(4-5-11)7-12-18(16,17)10-9(6-15)8(2)13-14-10/h12,15H,3-7H2,1-2H3,(H,13,14). The Hall–Kier alpha value is -0.920. The van der Waals surface area contributed by atoms with Gasteiger partial charge >= 0.3 is 0 Å². The predicted molar refractivity (Wildman–Crippen MR) is 66.4 cm³/mol. The highest BCUT2D eigenvalue weighted by atomic mass is 32.2. The lowest BCUT2D eigenvalue weighted by Crippen LogP contribution is -2.31. The van der Waals surface area contributed by atoms with E-state index in [9.17, 15) is 13.5 Å². The molecule has 0 radical (unpaired) electrons. The van der Waals surface area contributed by atoms with Crippen molar-refractivity contribution in [2.45, 2.75) is 44.7 Å². The summed E-state index contributed by atoms with van der Waals surface area (Å²) in [7, 11) is -3.64. The van der Waals surface area contributed by atoms with Crippen LogP contribution in [0.5, 0.6) is 0 Å². The van der Waals surface area contributed by atoms with Gasteiger partial charge in [0.25, 0.3) is 10.0 Å². The lowest BCUT2D eigenvalue weighted by atomic mass is 10.1. The van der Waals surface area contributed by atoms with Crippen LogP contribution in [-0.4, -0.2) is 30.3 Å². The lowest BCUT2D eigenvalue weighted by Gasteiger charge is -2.13. The van der Waals surface area contributed by atoms with Gasteiger partial charge in [0, 0.05) is 17.8 Å². The molecule has 1 aromatic rings. The molecule has 6 nitrogen and oxygen atoms in total. The first-order chi connectivity index (χ1) is 8.44. The molecule has 0 unspecified atom stereocenters. The molecule has 2 rings (SSSR count). The quantitative estimate of drug-likeness (QED) is 0.710. The molecule has 1 heterocycles. The molecule has 0 bridgehead atoms. The Morgan fingerprint density at radius 1 is 1.50 bits per heavy atom. The third kappa shape index (κ3) is 2.43. The van der Waals surface area contributed by atoms with Gasteiger partial charge in [-0.05, 0) is 31.6 Å². The number of H-pyrrole nitrogens is 1. The molecule has 0 aliphatic heterocycles. The number of aliphatic hydroxyl groups is 1. The van der Waals surface area contributed by atoms with Gasteiger partial charge in [-0.1, -0.05) is 6.92 Å². The fourth-order valence-corrected chi connectivity index (χ4v) is 3.33. The Balaban J connectivity index is 2.15. The van der Waals surface area contributed by atoms with Crippen molar-refractivity contribution in [1.29, 1.82) is 0 Å². The van der Waals surface area contributed by atoms with Gasteiger partial charge in [-0.15, -0.1) is 0 Å². The molecule has 1 aliphatic carbocycles. The zero-order chi connectivity index (χ0) is 13.4. The molecule has 0 atom stereocenters. The summed E-state index contributed by atoms with van der Waals surface area (Å²) in [6.07, 6.45) is 3.11. The van der Waals surface area contributed by atoms with E-state index >= 15 is 0 Å². The summed E-state index contributed by atoms with van der Waals surface area (Å²) in [5, 5.41) is 15.5. The van der Waals surface area contributed by atoms with Crippen LogP contribution in [0, 0.1) is 12.3 Å². The molecule has 1 fully saturated rings. The minimum absolute atomic E-state index is 0.0885. The van der Waals surface area contributed by atoms with Gasteiger partial charge in [0.1, 0.15) is 0 Å². The first kappa shape index (κ1) is 13.5. The molecule has 0 aromatic carbocycles. The molecule has 7 heteroatoms. The second-order valence-corrected chi connectivity index (χ2v) is 6.65. The largest absolute Gasteiger partial charge is 0.392 e. The number of rotatable bonds is 6.